The molecule has 1 N–H and O–H groups in total. The molecule has 1 aromatic carbocycles. The largest absolute Gasteiger partial charge is 0.484 e. The number of benzene rings is 1. The van der Waals surface area contributed by atoms with E-state index in [4.69, 9.17) is 27.9 Å². The summed E-state index contributed by atoms with van der Waals surface area (Å²) < 4.78 is 5.29. The van der Waals surface area contributed by atoms with Crippen molar-refractivity contribution in [2.24, 2.45) is 5.92 Å². The van der Waals surface area contributed by atoms with Gasteiger partial charge in [0.25, 0.3) is 5.91 Å². The van der Waals surface area contributed by atoms with Crippen LogP contribution in [-0.2, 0) is 4.79 Å². The molecule has 1 amide bonds. The van der Waals surface area contributed by atoms with E-state index in [9.17, 15) is 4.79 Å². The Morgan fingerprint density at radius 3 is 2.94 bits per heavy atom. The molecule has 0 spiro atoms. The van der Waals surface area contributed by atoms with Gasteiger partial charge in [-0.15, -0.1) is 11.6 Å². The van der Waals surface area contributed by atoms with Crippen molar-refractivity contribution in [2.45, 2.75) is 6.92 Å². The second kappa shape index (κ2) is 7.41. The topological polar surface area (TPSA) is 38.3 Å². The molecule has 3 nitrogen and oxygen atoms in total. The Morgan fingerprint density at radius 1 is 1.53 bits per heavy atom. The third-order valence-corrected chi connectivity index (χ3v) is 2.84. The van der Waals surface area contributed by atoms with Crippen LogP contribution in [0.25, 0.3) is 0 Å². The Labute approximate surface area is 111 Å². The van der Waals surface area contributed by atoms with Crippen molar-refractivity contribution in [3.8, 4) is 5.75 Å². The highest BCUT2D eigenvalue weighted by Gasteiger charge is 2.05. The lowest BCUT2D eigenvalue weighted by molar-refractivity contribution is -0.123. The summed E-state index contributed by atoms with van der Waals surface area (Å²) in [6.07, 6.45) is 0. The van der Waals surface area contributed by atoms with Gasteiger partial charge in [0.2, 0.25) is 0 Å². The molecule has 0 aromatic heterocycles. The molecule has 0 aliphatic heterocycles. The minimum atomic E-state index is -0.165. The summed E-state index contributed by atoms with van der Waals surface area (Å²) in [5.74, 6) is 1.20. The van der Waals surface area contributed by atoms with Crippen LogP contribution in [0.5, 0.6) is 5.75 Å². The summed E-state index contributed by atoms with van der Waals surface area (Å²) in [5.41, 5.74) is 0. The number of hydrogen-bond acceptors (Lipinski definition) is 2. The lowest BCUT2D eigenvalue weighted by atomic mass is 10.2. The highest BCUT2D eigenvalue weighted by molar-refractivity contribution is 6.30. The molecule has 1 rings (SSSR count). The summed E-state index contributed by atoms with van der Waals surface area (Å²) >= 11 is 11.4. The summed E-state index contributed by atoms with van der Waals surface area (Å²) in [6, 6.07) is 6.93. The molecule has 0 fully saturated rings. The fraction of sp³-hybridized carbons (Fsp3) is 0.417. The minimum Gasteiger partial charge on any atom is -0.484 e. The van der Waals surface area contributed by atoms with Crippen molar-refractivity contribution in [3.63, 3.8) is 0 Å². The SMILES string of the molecule is CC(CCl)CNC(=O)COc1cccc(Cl)c1. The van der Waals surface area contributed by atoms with Crippen LogP contribution in [0.15, 0.2) is 24.3 Å². The van der Waals surface area contributed by atoms with Crippen molar-refractivity contribution < 1.29 is 9.53 Å². The molecular formula is C12H15Cl2NO2. The van der Waals surface area contributed by atoms with Gasteiger partial charge in [-0.3, -0.25) is 4.79 Å². The Morgan fingerprint density at radius 2 is 2.29 bits per heavy atom. The van der Waals surface area contributed by atoms with Crippen molar-refractivity contribution in [2.75, 3.05) is 19.0 Å². The fourth-order valence-corrected chi connectivity index (χ4v) is 1.39. The van der Waals surface area contributed by atoms with E-state index < -0.39 is 0 Å². The quantitative estimate of drug-likeness (QED) is 0.811. The molecule has 1 aromatic rings. The van der Waals surface area contributed by atoms with E-state index >= 15 is 0 Å². The van der Waals surface area contributed by atoms with E-state index in [1.165, 1.54) is 0 Å². The Balaban J connectivity index is 2.28. The molecule has 94 valence electrons. The van der Waals surface area contributed by atoms with E-state index in [1.54, 1.807) is 24.3 Å². The van der Waals surface area contributed by atoms with Gasteiger partial charge in [-0.2, -0.15) is 0 Å². The van der Waals surface area contributed by atoms with Gasteiger partial charge < -0.3 is 10.1 Å². The lowest BCUT2D eigenvalue weighted by Gasteiger charge is -2.10. The number of alkyl halides is 1. The van der Waals surface area contributed by atoms with Crippen LogP contribution in [0.4, 0.5) is 0 Å². The van der Waals surface area contributed by atoms with E-state index in [-0.39, 0.29) is 18.4 Å². The van der Waals surface area contributed by atoms with E-state index in [0.29, 0.717) is 23.2 Å². The fourth-order valence-electron chi connectivity index (χ4n) is 1.10. The van der Waals surface area contributed by atoms with Gasteiger partial charge in [0.15, 0.2) is 6.61 Å². The molecule has 0 aliphatic carbocycles. The lowest BCUT2D eigenvalue weighted by Crippen LogP contribution is -2.32. The van der Waals surface area contributed by atoms with Gasteiger partial charge in [0.1, 0.15) is 5.75 Å². The summed E-state index contributed by atoms with van der Waals surface area (Å²) in [5, 5.41) is 3.32. The number of amides is 1. The van der Waals surface area contributed by atoms with Crippen LogP contribution in [0.2, 0.25) is 5.02 Å². The molecule has 1 atom stereocenters. The van der Waals surface area contributed by atoms with Gasteiger partial charge in [-0.05, 0) is 24.1 Å². The number of hydrogen-bond donors (Lipinski definition) is 1. The number of ether oxygens (including phenoxy) is 1. The van der Waals surface area contributed by atoms with Crippen molar-refractivity contribution >= 4 is 29.1 Å². The van der Waals surface area contributed by atoms with E-state index in [1.807, 2.05) is 6.92 Å². The van der Waals surface area contributed by atoms with E-state index in [2.05, 4.69) is 5.32 Å². The number of rotatable bonds is 6. The van der Waals surface area contributed by atoms with Gasteiger partial charge in [0, 0.05) is 17.4 Å². The molecular weight excluding hydrogens is 261 g/mol. The first-order chi connectivity index (χ1) is 8.11. The molecule has 0 saturated heterocycles. The summed E-state index contributed by atoms with van der Waals surface area (Å²) in [4.78, 5) is 11.4. The normalized spacial score (nSPS) is 11.9. The highest BCUT2D eigenvalue weighted by atomic mass is 35.5. The van der Waals surface area contributed by atoms with Gasteiger partial charge in [0.05, 0.1) is 0 Å². The average molecular weight is 276 g/mol. The Bertz CT molecular complexity index is 371. The zero-order valence-electron chi connectivity index (χ0n) is 9.58. The third kappa shape index (κ3) is 5.80. The predicted molar refractivity (Wildman–Crippen MR) is 69.8 cm³/mol. The van der Waals surface area contributed by atoms with E-state index in [0.717, 1.165) is 0 Å². The molecule has 0 heterocycles. The number of carbonyl (C=O) groups excluding carboxylic acids is 1. The van der Waals surface area contributed by atoms with Crippen molar-refractivity contribution in [1.82, 2.24) is 5.32 Å². The highest BCUT2D eigenvalue weighted by Crippen LogP contribution is 2.16. The molecule has 0 radical (unpaired) electrons. The van der Waals surface area contributed by atoms with Gasteiger partial charge >= 0.3 is 0 Å². The maximum atomic E-state index is 11.4. The maximum Gasteiger partial charge on any atom is 0.257 e. The van der Waals surface area contributed by atoms with Gasteiger partial charge in [-0.1, -0.05) is 24.6 Å². The molecule has 1 unspecified atom stereocenters. The third-order valence-electron chi connectivity index (χ3n) is 2.08. The zero-order chi connectivity index (χ0) is 12.7. The van der Waals surface area contributed by atoms with Crippen LogP contribution in [-0.4, -0.2) is 24.9 Å². The van der Waals surface area contributed by atoms with Crippen molar-refractivity contribution in [1.29, 1.82) is 0 Å². The smallest absolute Gasteiger partial charge is 0.257 e. The first-order valence-corrected chi connectivity index (χ1v) is 6.24. The molecule has 0 bridgehead atoms. The summed E-state index contributed by atoms with van der Waals surface area (Å²) in [7, 11) is 0. The van der Waals surface area contributed by atoms with Crippen LogP contribution in [0.3, 0.4) is 0 Å². The first kappa shape index (κ1) is 14.1. The first-order valence-electron chi connectivity index (χ1n) is 5.33. The average Bonchev–Trinajstić information content (AvgIpc) is 2.33. The van der Waals surface area contributed by atoms with Crippen LogP contribution in [0, 0.1) is 5.92 Å². The Kier molecular flexibility index (Phi) is 6.16. The predicted octanol–water partition coefficient (Wildman–Crippen LogP) is 2.71. The standard InChI is InChI=1S/C12H15Cl2NO2/c1-9(6-13)7-15-12(16)8-17-11-4-2-3-10(14)5-11/h2-5,9H,6-8H2,1H3,(H,15,16). The number of nitrogens with one attached hydrogen (secondary N) is 1. The van der Waals surface area contributed by atoms with Gasteiger partial charge in [-0.25, -0.2) is 0 Å². The zero-order valence-corrected chi connectivity index (χ0v) is 11.1. The summed E-state index contributed by atoms with van der Waals surface area (Å²) in [6.45, 7) is 2.50. The second-order valence-corrected chi connectivity index (χ2v) is 4.55. The minimum absolute atomic E-state index is 0.0185. The second-order valence-electron chi connectivity index (χ2n) is 3.81. The van der Waals surface area contributed by atoms with Crippen LogP contribution in [0.1, 0.15) is 6.92 Å². The monoisotopic (exact) mass is 275 g/mol. The maximum absolute atomic E-state index is 11.4. The Hall–Kier alpha value is -0.930. The van der Waals surface area contributed by atoms with Crippen LogP contribution >= 0.6 is 23.2 Å². The number of halogens is 2. The number of carbonyl (C=O) groups is 1. The molecule has 0 saturated carbocycles. The molecule has 17 heavy (non-hydrogen) atoms. The van der Waals surface area contributed by atoms with Crippen LogP contribution < -0.4 is 10.1 Å². The van der Waals surface area contributed by atoms with Crippen molar-refractivity contribution in [3.05, 3.63) is 29.3 Å². The molecule has 0 aliphatic rings. The molecule has 5 heteroatoms.